The Bertz CT molecular complexity index is 715. The van der Waals surface area contributed by atoms with E-state index < -0.39 is 0 Å². The van der Waals surface area contributed by atoms with Crippen molar-refractivity contribution in [1.82, 2.24) is 15.5 Å². The topological polar surface area (TPSA) is 76.1 Å². The first-order valence-corrected chi connectivity index (χ1v) is 9.69. The highest BCUT2D eigenvalue weighted by Gasteiger charge is 2.18. The van der Waals surface area contributed by atoms with Crippen LogP contribution in [-0.4, -0.2) is 35.4 Å². The Morgan fingerprint density at radius 2 is 1.92 bits per heavy atom. The van der Waals surface area contributed by atoms with E-state index in [-0.39, 0.29) is 18.0 Å². The SMILES string of the molecule is CCC(Nc1ccc(C(=O)NC2CCOCC2)nn1)c1ccc(Br)cc1. The molecule has 2 aromatic rings. The molecule has 1 fully saturated rings. The van der Waals surface area contributed by atoms with Crippen molar-refractivity contribution in [3.05, 3.63) is 52.1 Å². The summed E-state index contributed by atoms with van der Waals surface area (Å²) < 4.78 is 6.35. The van der Waals surface area contributed by atoms with Gasteiger partial charge in [-0.25, -0.2) is 0 Å². The lowest BCUT2D eigenvalue weighted by Gasteiger charge is -2.22. The number of hydrogen-bond acceptors (Lipinski definition) is 5. The van der Waals surface area contributed by atoms with E-state index in [9.17, 15) is 4.79 Å². The first-order chi connectivity index (χ1) is 12.7. The molecule has 2 N–H and O–H groups in total. The number of halogens is 1. The maximum absolute atomic E-state index is 12.3. The Morgan fingerprint density at radius 1 is 1.19 bits per heavy atom. The number of rotatable bonds is 6. The van der Waals surface area contributed by atoms with Gasteiger partial charge in [-0.1, -0.05) is 35.0 Å². The van der Waals surface area contributed by atoms with Crippen LogP contribution in [0.25, 0.3) is 0 Å². The van der Waals surface area contributed by atoms with Gasteiger partial charge in [-0.05, 0) is 49.1 Å². The molecule has 7 heteroatoms. The van der Waals surface area contributed by atoms with Crippen LogP contribution in [0.4, 0.5) is 5.82 Å². The van der Waals surface area contributed by atoms with E-state index in [1.54, 1.807) is 12.1 Å². The number of carbonyl (C=O) groups excluding carboxylic acids is 1. The van der Waals surface area contributed by atoms with E-state index in [4.69, 9.17) is 4.74 Å². The monoisotopic (exact) mass is 418 g/mol. The van der Waals surface area contributed by atoms with Crippen LogP contribution in [0.3, 0.4) is 0 Å². The average Bonchev–Trinajstić information content (AvgIpc) is 2.68. The highest BCUT2D eigenvalue weighted by atomic mass is 79.9. The second kappa shape index (κ2) is 9.09. The summed E-state index contributed by atoms with van der Waals surface area (Å²) in [7, 11) is 0. The molecule has 0 aliphatic carbocycles. The fourth-order valence-corrected chi connectivity index (χ4v) is 3.19. The molecule has 6 nitrogen and oxygen atoms in total. The Balaban J connectivity index is 1.61. The first-order valence-electron chi connectivity index (χ1n) is 8.90. The smallest absolute Gasteiger partial charge is 0.272 e. The molecular formula is C19H23BrN4O2. The largest absolute Gasteiger partial charge is 0.381 e. The van der Waals surface area contributed by atoms with E-state index in [0.29, 0.717) is 24.7 Å². The molecule has 1 amide bonds. The summed E-state index contributed by atoms with van der Waals surface area (Å²) in [5, 5.41) is 14.6. The van der Waals surface area contributed by atoms with Gasteiger partial charge in [0.2, 0.25) is 0 Å². The zero-order chi connectivity index (χ0) is 18.4. The average molecular weight is 419 g/mol. The second-order valence-electron chi connectivity index (χ2n) is 6.32. The van der Waals surface area contributed by atoms with Gasteiger partial charge in [0.05, 0.1) is 6.04 Å². The lowest BCUT2D eigenvalue weighted by molar-refractivity contribution is 0.0693. The summed E-state index contributed by atoms with van der Waals surface area (Å²) >= 11 is 3.45. The zero-order valence-electron chi connectivity index (χ0n) is 14.7. The molecule has 0 spiro atoms. The van der Waals surface area contributed by atoms with E-state index >= 15 is 0 Å². The molecule has 138 valence electrons. The molecule has 0 saturated carbocycles. The molecule has 1 aromatic carbocycles. The number of nitrogens with zero attached hydrogens (tertiary/aromatic N) is 2. The van der Waals surface area contributed by atoms with Gasteiger partial charge in [-0.2, -0.15) is 0 Å². The van der Waals surface area contributed by atoms with Gasteiger partial charge in [0.1, 0.15) is 5.82 Å². The number of benzene rings is 1. The van der Waals surface area contributed by atoms with Gasteiger partial charge in [-0.15, -0.1) is 10.2 Å². The summed E-state index contributed by atoms with van der Waals surface area (Å²) in [5.41, 5.74) is 1.51. The molecule has 3 rings (SSSR count). The van der Waals surface area contributed by atoms with Crippen molar-refractivity contribution in [3.8, 4) is 0 Å². The Labute approximate surface area is 161 Å². The van der Waals surface area contributed by atoms with Crippen LogP contribution in [0.15, 0.2) is 40.9 Å². The zero-order valence-corrected chi connectivity index (χ0v) is 16.3. The normalized spacial score (nSPS) is 16.1. The lowest BCUT2D eigenvalue weighted by Crippen LogP contribution is -2.39. The van der Waals surface area contributed by atoms with E-state index in [1.807, 2.05) is 12.1 Å². The lowest BCUT2D eigenvalue weighted by atomic mass is 10.0. The Morgan fingerprint density at radius 3 is 2.54 bits per heavy atom. The predicted molar refractivity (Wildman–Crippen MR) is 104 cm³/mol. The van der Waals surface area contributed by atoms with Crippen LogP contribution in [-0.2, 0) is 4.74 Å². The summed E-state index contributed by atoms with van der Waals surface area (Å²) in [5.74, 6) is 0.471. The van der Waals surface area contributed by atoms with Gasteiger partial charge in [0.25, 0.3) is 5.91 Å². The fourth-order valence-electron chi connectivity index (χ4n) is 2.93. The van der Waals surface area contributed by atoms with Crippen molar-refractivity contribution in [1.29, 1.82) is 0 Å². The summed E-state index contributed by atoms with van der Waals surface area (Å²) in [6.45, 7) is 3.49. The number of nitrogens with one attached hydrogen (secondary N) is 2. The quantitative estimate of drug-likeness (QED) is 0.747. The molecule has 1 unspecified atom stereocenters. The van der Waals surface area contributed by atoms with Gasteiger partial charge in [0, 0.05) is 23.7 Å². The fraction of sp³-hybridized carbons (Fsp3) is 0.421. The third kappa shape index (κ3) is 5.02. The standard InChI is InChI=1S/C19H23BrN4O2/c1-2-16(13-3-5-14(20)6-4-13)22-18-8-7-17(23-24-18)19(25)21-15-9-11-26-12-10-15/h3-8,15-16H,2,9-12H2,1H3,(H,21,25)(H,22,24). The predicted octanol–water partition coefficient (Wildman–Crippen LogP) is 3.71. The van der Waals surface area contributed by atoms with Gasteiger partial charge < -0.3 is 15.4 Å². The molecule has 1 aliphatic heterocycles. The number of amides is 1. The molecule has 0 radical (unpaired) electrons. The van der Waals surface area contributed by atoms with Crippen molar-refractivity contribution >= 4 is 27.7 Å². The minimum absolute atomic E-state index is 0.138. The van der Waals surface area contributed by atoms with Crippen LogP contribution in [0, 0.1) is 0 Å². The molecule has 1 aromatic heterocycles. The number of aromatic nitrogens is 2. The molecule has 1 atom stereocenters. The number of hydrogen-bond donors (Lipinski definition) is 2. The van der Waals surface area contributed by atoms with Crippen LogP contribution in [0.1, 0.15) is 48.3 Å². The molecular weight excluding hydrogens is 396 g/mol. The van der Waals surface area contributed by atoms with Crippen LogP contribution in [0.5, 0.6) is 0 Å². The number of ether oxygens (including phenoxy) is 1. The van der Waals surface area contributed by atoms with Crippen molar-refractivity contribution in [2.45, 2.75) is 38.3 Å². The third-order valence-electron chi connectivity index (χ3n) is 4.46. The van der Waals surface area contributed by atoms with Crippen molar-refractivity contribution in [2.24, 2.45) is 0 Å². The molecule has 1 aliphatic rings. The molecule has 1 saturated heterocycles. The minimum Gasteiger partial charge on any atom is -0.381 e. The highest BCUT2D eigenvalue weighted by molar-refractivity contribution is 9.10. The Kier molecular flexibility index (Phi) is 6.57. The maximum Gasteiger partial charge on any atom is 0.272 e. The van der Waals surface area contributed by atoms with Crippen molar-refractivity contribution in [2.75, 3.05) is 18.5 Å². The van der Waals surface area contributed by atoms with Gasteiger partial charge >= 0.3 is 0 Å². The van der Waals surface area contributed by atoms with Crippen molar-refractivity contribution < 1.29 is 9.53 Å². The van der Waals surface area contributed by atoms with E-state index in [0.717, 1.165) is 23.7 Å². The Hall–Kier alpha value is -1.99. The van der Waals surface area contributed by atoms with Gasteiger partial charge in [0.15, 0.2) is 5.69 Å². The molecule has 2 heterocycles. The summed E-state index contributed by atoms with van der Waals surface area (Å²) in [6.07, 6.45) is 2.59. The third-order valence-corrected chi connectivity index (χ3v) is 4.99. The first kappa shape index (κ1) is 18.8. The van der Waals surface area contributed by atoms with Gasteiger partial charge in [-0.3, -0.25) is 4.79 Å². The summed E-state index contributed by atoms with van der Waals surface area (Å²) in [4.78, 5) is 12.3. The molecule has 26 heavy (non-hydrogen) atoms. The van der Waals surface area contributed by atoms with E-state index in [1.165, 1.54) is 5.56 Å². The second-order valence-corrected chi connectivity index (χ2v) is 7.24. The van der Waals surface area contributed by atoms with Crippen LogP contribution >= 0.6 is 15.9 Å². The maximum atomic E-state index is 12.3. The highest BCUT2D eigenvalue weighted by Crippen LogP contribution is 2.23. The van der Waals surface area contributed by atoms with Crippen molar-refractivity contribution in [3.63, 3.8) is 0 Å². The molecule has 0 bridgehead atoms. The minimum atomic E-state index is -0.184. The van der Waals surface area contributed by atoms with E-state index in [2.05, 4.69) is 55.8 Å². The summed E-state index contributed by atoms with van der Waals surface area (Å²) in [6, 6.07) is 12.0. The van der Waals surface area contributed by atoms with Crippen LogP contribution in [0.2, 0.25) is 0 Å². The number of carbonyl (C=O) groups is 1. The van der Waals surface area contributed by atoms with Crippen LogP contribution < -0.4 is 10.6 Å². The number of anilines is 1.